The molecule has 4 rings (SSSR count). The van der Waals surface area contributed by atoms with Gasteiger partial charge in [-0.05, 0) is 37.1 Å². The molecule has 8 nitrogen and oxygen atoms in total. The van der Waals surface area contributed by atoms with Crippen LogP contribution in [0.5, 0.6) is 0 Å². The number of carbonyl (C=O) groups is 2. The van der Waals surface area contributed by atoms with Gasteiger partial charge in [-0.25, -0.2) is 0 Å². The highest BCUT2D eigenvalue weighted by atomic mass is 35.5. The number of β-amino-alcohol motifs (C(OH)–C–C–N with tert-alkyl or cyclic N) is 1. The van der Waals surface area contributed by atoms with Crippen LogP contribution in [-0.2, 0) is 13.0 Å². The molecule has 0 unspecified atom stereocenters. The molecule has 0 aliphatic carbocycles. The van der Waals surface area contributed by atoms with Crippen LogP contribution in [0, 0.1) is 6.92 Å². The van der Waals surface area contributed by atoms with Gasteiger partial charge in [0.1, 0.15) is 5.69 Å². The molecule has 3 heterocycles. The van der Waals surface area contributed by atoms with E-state index >= 15 is 0 Å². The second-order valence-corrected chi connectivity index (χ2v) is 7.32. The van der Waals surface area contributed by atoms with Crippen molar-refractivity contribution < 1.29 is 14.7 Å². The number of rotatable bonds is 4. The minimum Gasteiger partial charge on any atom is -0.389 e. The van der Waals surface area contributed by atoms with E-state index < -0.39 is 6.10 Å². The molecular weight excluding hydrogens is 382 g/mol. The maximum Gasteiger partial charge on any atom is 0.271 e. The van der Waals surface area contributed by atoms with E-state index in [1.807, 2.05) is 25.1 Å². The Morgan fingerprint density at radius 2 is 2.25 bits per heavy atom. The van der Waals surface area contributed by atoms with Gasteiger partial charge in [0.25, 0.3) is 11.8 Å². The third-order valence-electron chi connectivity index (χ3n) is 4.87. The van der Waals surface area contributed by atoms with E-state index in [4.69, 9.17) is 11.6 Å². The first-order valence-electron chi connectivity index (χ1n) is 9.01. The van der Waals surface area contributed by atoms with E-state index in [1.54, 1.807) is 0 Å². The first kappa shape index (κ1) is 18.5. The number of nitrogens with zero attached hydrogens (tertiary/aromatic N) is 2. The summed E-state index contributed by atoms with van der Waals surface area (Å²) in [5.74, 6) is -0.715. The Balaban J connectivity index is 1.45. The first-order valence-corrected chi connectivity index (χ1v) is 9.39. The Bertz CT molecular complexity index is 1070. The third kappa shape index (κ3) is 3.48. The largest absolute Gasteiger partial charge is 0.389 e. The van der Waals surface area contributed by atoms with Gasteiger partial charge in [-0.15, -0.1) is 0 Å². The molecule has 9 heteroatoms. The average Bonchev–Trinajstić information content (AvgIpc) is 3.17. The SMILES string of the molecule is Cc1[nH]c2ccc(Cl)cc2c1CCNC(=O)c1cc2n(n1)C[C@H](O)CNC2=O. The van der Waals surface area contributed by atoms with Crippen LogP contribution in [0.2, 0.25) is 5.02 Å². The van der Waals surface area contributed by atoms with Crippen molar-refractivity contribution in [2.45, 2.75) is 26.0 Å². The number of aryl methyl sites for hydroxylation is 1. The van der Waals surface area contributed by atoms with E-state index in [2.05, 4.69) is 20.7 Å². The molecule has 1 aliphatic rings. The molecule has 3 aromatic rings. The van der Waals surface area contributed by atoms with Crippen molar-refractivity contribution in [2.24, 2.45) is 0 Å². The van der Waals surface area contributed by atoms with Gasteiger partial charge in [-0.1, -0.05) is 11.6 Å². The summed E-state index contributed by atoms with van der Waals surface area (Å²) >= 11 is 6.10. The molecule has 0 radical (unpaired) electrons. The number of halogens is 1. The number of aliphatic hydroxyl groups is 1. The van der Waals surface area contributed by atoms with Crippen LogP contribution in [0.25, 0.3) is 10.9 Å². The van der Waals surface area contributed by atoms with Gasteiger partial charge >= 0.3 is 0 Å². The van der Waals surface area contributed by atoms with Gasteiger partial charge in [0.05, 0.1) is 12.6 Å². The quantitative estimate of drug-likeness (QED) is 0.529. The van der Waals surface area contributed by atoms with Crippen LogP contribution in [-0.4, -0.2) is 50.9 Å². The Kier molecular flexibility index (Phi) is 4.82. The second kappa shape index (κ2) is 7.29. The van der Waals surface area contributed by atoms with Crippen LogP contribution < -0.4 is 10.6 Å². The van der Waals surface area contributed by atoms with Crippen molar-refractivity contribution in [3.63, 3.8) is 0 Å². The fourth-order valence-electron chi connectivity index (χ4n) is 3.48. The zero-order chi connectivity index (χ0) is 19.8. The monoisotopic (exact) mass is 401 g/mol. The lowest BCUT2D eigenvalue weighted by atomic mass is 10.1. The summed E-state index contributed by atoms with van der Waals surface area (Å²) in [5.41, 5.74) is 3.55. The molecular formula is C19H20ClN5O3. The maximum atomic E-state index is 12.5. The normalized spacial score (nSPS) is 16.5. The smallest absolute Gasteiger partial charge is 0.271 e. The van der Waals surface area contributed by atoms with Gasteiger partial charge in [-0.2, -0.15) is 5.10 Å². The lowest BCUT2D eigenvalue weighted by Crippen LogP contribution is -2.30. The van der Waals surface area contributed by atoms with Crippen LogP contribution in [0.15, 0.2) is 24.3 Å². The number of benzene rings is 1. The summed E-state index contributed by atoms with van der Waals surface area (Å²) in [6.45, 7) is 2.73. The second-order valence-electron chi connectivity index (χ2n) is 6.89. The Morgan fingerprint density at radius 3 is 3.07 bits per heavy atom. The highest BCUT2D eigenvalue weighted by Crippen LogP contribution is 2.25. The summed E-state index contributed by atoms with van der Waals surface area (Å²) in [6.07, 6.45) is -0.109. The molecule has 4 N–H and O–H groups in total. The summed E-state index contributed by atoms with van der Waals surface area (Å²) in [6, 6.07) is 7.12. The number of fused-ring (bicyclic) bond motifs is 2. The molecule has 0 saturated heterocycles. The molecule has 0 fully saturated rings. The summed E-state index contributed by atoms with van der Waals surface area (Å²) in [7, 11) is 0. The summed E-state index contributed by atoms with van der Waals surface area (Å²) < 4.78 is 1.37. The number of hydrogen-bond acceptors (Lipinski definition) is 4. The van der Waals surface area contributed by atoms with Crippen LogP contribution >= 0.6 is 11.6 Å². The van der Waals surface area contributed by atoms with Gasteiger partial charge < -0.3 is 20.7 Å². The van der Waals surface area contributed by atoms with E-state index in [0.29, 0.717) is 18.0 Å². The molecule has 146 valence electrons. The minimum atomic E-state index is -0.738. The number of aliphatic hydroxyl groups excluding tert-OH is 1. The highest BCUT2D eigenvalue weighted by molar-refractivity contribution is 6.31. The lowest BCUT2D eigenvalue weighted by molar-refractivity contribution is 0.0931. The molecule has 2 amide bonds. The van der Waals surface area contributed by atoms with Crippen molar-refractivity contribution >= 4 is 34.3 Å². The molecule has 0 spiro atoms. The van der Waals surface area contributed by atoms with Gasteiger partial charge in [-0.3, -0.25) is 14.3 Å². The van der Waals surface area contributed by atoms with Crippen molar-refractivity contribution in [3.05, 3.63) is 51.9 Å². The minimum absolute atomic E-state index is 0.151. The van der Waals surface area contributed by atoms with Crippen LogP contribution in [0.4, 0.5) is 0 Å². The van der Waals surface area contributed by atoms with Crippen LogP contribution in [0.1, 0.15) is 32.2 Å². The molecule has 1 aromatic carbocycles. The summed E-state index contributed by atoms with van der Waals surface area (Å²) in [4.78, 5) is 27.8. The third-order valence-corrected chi connectivity index (χ3v) is 5.10. The molecule has 2 aromatic heterocycles. The number of amides is 2. The molecule has 1 aliphatic heterocycles. The number of H-pyrrole nitrogens is 1. The average molecular weight is 402 g/mol. The topological polar surface area (TPSA) is 112 Å². The summed E-state index contributed by atoms with van der Waals surface area (Å²) in [5, 5.41) is 21.1. The number of aromatic amines is 1. The Hall–Kier alpha value is -2.84. The standard InChI is InChI=1S/C19H20ClN5O3/c1-10-13(14-6-11(20)2-3-15(14)23-10)4-5-21-18(27)16-7-17-19(28)22-8-12(26)9-25(17)24-16/h2-3,6-7,12,23,26H,4-5,8-9H2,1H3,(H,21,27)(H,22,28)/t12-/m1/s1. The Morgan fingerprint density at radius 1 is 1.43 bits per heavy atom. The fourth-order valence-corrected chi connectivity index (χ4v) is 3.66. The van der Waals surface area contributed by atoms with Crippen LogP contribution in [0.3, 0.4) is 0 Å². The van der Waals surface area contributed by atoms with Gasteiger partial charge in [0.2, 0.25) is 0 Å². The molecule has 28 heavy (non-hydrogen) atoms. The maximum absolute atomic E-state index is 12.5. The highest BCUT2D eigenvalue weighted by Gasteiger charge is 2.24. The molecule has 1 atom stereocenters. The van der Waals surface area contributed by atoms with Gasteiger partial charge in [0, 0.05) is 40.8 Å². The molecule has 0 bridgehead atoms. The van der Waals surface area contributed by atoms with E-state index in [-0.39, 0.29) is 36.3 Å². The predicted octanol–water partition coefficient (Wildman–Crippen LogP) is 1.40. The zero-order valence-corrected chi connectivity index (χ0v) is 16.0. The van der Waals surface area contributed by atoms with Gasteiger partial charge in [0.15, 0.2) is 5.69 Å². The Labute approximate surface area is 165 Å². The number of nitrogens with one attached hydrogen (secondary N) is 3. The van der Waals surface area contributed by atoms with Crippen molar-refractivity contribution in [1.82, 2.24) is 25.4 Å². The zero-order valence-electron chi connectivity index (χ0n) is 15.3. The fraction of sp³-hybridized carbons (Fsp3) is 0.316. The van der Waals surface area contributed by atoms with Crippen molar-refractivity contribution in [2.75, 3.05) is 13.1 Å². The van der Waals surface area contributed by atoms with Crippen molar-refractivity contribution in [3.8, 4) is 0 Å². The number of hydrogen-bond donors (Lipinski definition) is 4. The van der Waals surface area contributed by atoms with E-state index in [0.717, 1.165) is 22.2 Å². The van der Waals surface area contributed by atoms with E-state index in [9.17, 15) is 14.7 Å². The van der Waals surface area contributed by atoms with Crippen molar-refractivity contribution in [1.29, 1.82) is 0 Å². The number of carbonyl (C=O) groups excluding carboxylic acids is 2. The predicted molar refractivity (Wildman–Crippen MR) is 105 cm³/mol. The lowest BCUT2D eigenvalue weighted by Gasteiger charge is -2.06. The first-order chi connectivity index (χ1) is 13.4. The number of aromatic nitrogens is 3. The van der Waals surface area contributed by atoms with E-state index in [1.165, 1.54) is 10.7 Å². The molecule has 0 saturated carbocycles.